The van der Waals surface area contributed by atoms with Gasteiger partial charge in [-0.15, -0.1) is 0 Å². The molecule has 240 valence electrons. The number of hydrogen-bond donors (Lipinski definition) is 2. The van der Waals surface area contributed by atoms with Crippen LogP contribution in [0.25, 0.3) is 0 Å². The first-order valence-electron chi connectivity index (χ1n) is 14.6. The Bertz CT molecular complexity index is 1520. The zero-order valence-corrected chi connectivity index (χ0v) is 27.0. The van der Waals surface area contributed by atoms with Crippen LogP contribution in [0, 0.1) is 18.7 Å². The number of benzene rings is 3. The number of alkyl carbamates (subject to hydrolysis) is 1. The fourth-order valence-corrected chi connectivity index (χ4v) is 5.64. The van der Waals surface area contributed by atoms with Crippen LogP contribution >= 0.6 is 11.6 Å². The summed E-state index contributed by atoms with van der Waals surface area (Å²) in [7, 11) is 3.05. The first-order chi connectivity index (χ1) is 21.3. The fraction of sp³-hybridized carbons (Fsp3) is 0.382. The molecule has 4 rings (SSSR count). The molecule has 1 saturated heterocycles. The van der Waals surface area contributed by atoms with Crippen LogP contribution in [0.5, 0.6) is 11.5 Å². The zero-order chi connectivity index (χ0) is 32.9. The second kappa shape index (κ2) is 14.2. The molecule has 3 atom stereocenters. The molecular formula is C34H39ClFN3O6. The quantitative estimate of drug-likeness (QED) is 0.271. The summed E-state index contributed by atoms with van der Waals surface area (Å²) in [5.74, 6) is -0.774. The Kier molecular flexibility index (Phi) is 10.6. The predicted molar refractivity (Wildman–Crippen MR) is 170 cm³/mol. The van der Waals surface area contributed by atoms with Gasteiger partial charge < -0.3 is 29.7 Å². The van der Waals surface area contributed by atoms with Gasteiger partial charge in [-0.25, -0.2) is 9.18 Å². The number of nitrogens with zero attached hydrogens (tertiary/aromatic N) is 1. The monoisotopic (exact) mass is 639 g/mol. The van der Waals surface area contributed by atoms with Crippen LogP contribution in [0.3, 0.4) is 0 Å². The van der Waals surface area contributed by atoms with Crippen LogP contribution in [0.4, 0.5) is 14.9 Å². The normalized spacial score (nSPS) is 17.3. The minimum absolute atomic E-state index is 0.0918. The number of carbonyl (C=O) groups excluding carboxylic acids is 3. The van der Waals surface area contributed by atoms with Gasteiger partial charge in [0.25, 0.3) is 0 Å². The van der Waals surface area contributed by atoms with E-state index in [4.69, 9.17) is 25.8 Å². The number of rotatable bonds is 9. The molecular weight excluding hydrogens is 601 g/mol. The molecule has 0 aromatic heterocycles. The van der Waals surface area contributed by atoms with E-state index in [2.05, 4.69) is 10.6 Å². The molecule has 0 saturated carbocycles. The van der Waals surface area contributed by atoms with E-state index in [1.807, 2.05) is 37.3 Å². The van der Waals surface area contributed by atoms with Crippen molar-refractivity contribution in [2.45, 2.75) is 58.2 Å². The summed E-state index contributed by atoms with van der Waals surface area (Å²) in [4.78, 5) is 41.9. The Morgan fingerprint density at radius 1 is 1.02 bits per heavy atom. The average molecular weight is 640 g/mol. The number of nitrogens with one attached hydrogen (secondary N) is 2. The van der Waals surface area contributed by atoms with E-state index in [1.165, 1.54) is 26.4 Å². The largest absolute Gasteiger partial charge is 0.493 e. The number of aryl methyl sites for hydroxylation is 1. The summed E-state index contributed by atoms with van der Waals surface area (Å²) in [6.07, 6.45) is -0.309. The maximum absolute atomic E-state index is 14.3. The van der Waals surface area contributed by atoms with Crippen molar-refractivity contribution in [1.29, 1.82) is 0 Å². The third-order valence-corrected chi connectivity index (χ3v) is 7.67. The first kappa shape index (κ1) is 33.6. The molecule has 3 amide bonds. The van der Waals surface area contributed by atoms with Crippen LogP contribution in [0.15, 0.2) is 60.7 Å². The Balaban J connectivity index is 1.68. The Labute approximate surface area is 268 Å². The van der Waals surface area contributed by atoms with Crippen molar-refractivity contribution in [1.82, 2.24) is 10.6 Å². The molecule has 1 fully saturated rings. The van der Waals surface area contributed by atoms with E-state index in [0.717, 1.165) is 11.6 Å². The standard InChI is InChI=1S/C34H39ClFN3O6/c1-20-7-10-25(11-8-20)39-30(40)14-12-26(31(39)21-9-13-28(43-5)29(17-21)44-6)32(41)37-19-27(38-33(42)45-34(2,3)4)22-15-23(35)18-24(36)16-22/h7-11,13,15-18,26-27,31H,12,14,19H2,1-6H3,(H,37,41)(H,38,42). The molecule has 3 unspecified atom stereocenters. The third kappa shape index (κ3) is 8.45. The minimum atomic E-state index is -0.866. The molecule has 2 N–H and O–H groups in total. The molecule has 0 spiro atoms. The highest BCUT2D eigenvalue weighted by Gasteiger charge is 2.42. The minimum Gasteiger partial charge on any atom is -0.493 e. The SMILES string of the molecule is COc1ccc(C2C(C(=O)NCC(NC(=O)OC(C)(C)C)c3cc(F)cc(Cl)c3)CCC(=O)N2c2ccc(C)cc2)cc1OC. The lowest BCUT2D eigenvalue weighted by molar-refractivity contribution is -0.129. The van der Waals surface area contributed by atoms with Crippen LogP contribution in [-0.2, 0) is 14.3 Å². The molecule has 3 aromatic rings. The van der Waals surface area contributed by atoms with E-state index in [1.54, 1.807) is 37.8 Å². The smallest absolute Gasteiger partial charge is 0.408 e. The molecule has 0 radical (unpaired) electrons. The summed E-state index contributed by atoms with van der Waals surface area (Å²) in [5.41, 5.74) is 1.94. The lowest BCUT2D eigenvalue weighted by Crippen LogP contribution is -2.49. The number of carbonyl (C=O) groups is 3. The molecule has 1 heterocycles. The Hall–Kier alpha value is -4.31. The topological polar surface area (TPSA) is 106 Å². The van der Waals surface area contributed by atoms with Crippen molar-refractivity contribution in [3.05, 3.63) is 88.2 Å². The van der Waals surface area contributed by atoms with Gasteiger partial charge in [-0.1, -0.05) is 35.4 Å². The van der Waals surface area contributed by atoms with Crippen LogP contribution in [0.2, 0.25) is 5.02 Å². The molecule has 11 heteroatoms. The number of anilines is 1. The van der Waals surface area contributed by atoms with Crippen LogP contribution in [0.1, 0.15) is 62.4 Å². The molecule has 45 heavy (non-hydrogen) atoms. The van der Waals surface area contributed by atoms with Gasteiger partial charge in [0.1, 0.15) is 11.4 Å². The summed E-state index contributed by atoms with van der Waals surface area (Å²) in [6.45, 7) is 7.03. The van der Waals surface area contributed by atoms with E-state index in [9.17, 15) is 18.8 Å². The van der Waals surface area contributed by atoms with Crippen molar-refractivity contribution in [2.75, 3.05) is 25.7 Å². The lowest BCUT2D eigenvalue weighted by Gasteiger charge is -2.41. The second-order valence-electron chi connectivity index (χ2n) is 12.0. The number of methoxy groups -OCH3 is 2. The Morgan fingerprint density at radius 3 is 2.33 bits per heavy atom. The highest BCUT2D eigenvalue weighted by atomic mass is 35.5. The average Bonchev–Trinajstić information content (AvgIpc) is 2.97. The highest BCUT2D eigenvalue weighted by Crippen LogP contribution is 2.42. The summed E-state index contributed by atoms with van der Waals surface area (Å²) >= 11 is 6.12. The van der Waals surface area contributed by atoms with Gasteiger partial charge in [0, 0.05) is 23.7 Å². The lowest BCUT2D eigenvalue weighted by atomic mass is 9.83. The molecule has 9 nitrogen and oxygen atoms in total. The van der Waals surface area contributed by atoms with Gasteiger partial charge in [-0.2, -0.15) is 0 Å². The van der Waals surface area contributed by atoms with Gasteiger partial charge in [0.15, 0.2) is 11.5 Å². The Morgan fingerprint density at radius 2 is 1.71 bits per heavy atom. The number of halogens is 2. The predicted octanol–water partition coefficient (Wildman–Crippen LogP) is 6.67. The summed E-state index contributed by atoms with van der Waals surface area (Å²) in [5, 5.41) is 5.80. The van der Waals surface area contributed by atoms with Crippen molar-refractivity contribution in [3.8, 4) is 11.5 Å². The van der Waals surface area contributed by atoms with Crippen molar-refractivity contribution in [3.63, 3.8) is 0 Å². The van der Waals surface area contributed by atoms with Gasteiger partial charge >= 0.3 is 6.09 Å². The van der Waals surface area contributed by atoms with Gasteiger partial charge in [0.2, 0.25) is 11.8 Å². The van der Waals surface area contributed by atoms with Crippen molar-refractivity contribution >= 4 is 35.2 Å². The van der Waals surface area contributed by atoms with E-state index >= 15 is 0 Å². The first-order valence-corrected chi connectivity index (χ1v) is 15.0. The summed E-state index contributed by atoms with van der Waals surface area (Å²) < 4.78 is 30.7. The zero-order valence-electron chi connectivity index (χ0n) is 26.3. The maximum Gasteiger partial charge on any atom is 0.408 e. The molecule has 0 aliphatic carbocycles. The van der Waals surface area contributed by atoms with Crippen molar-refractivity contribution < 1.29 is 33.0 Å². The van der Waals surface area contributed by atoms with Crippen molar-refractivity contribution in [2.24, 2.45) is 5.92 Å². The summed E-state index contributed by atoms with van der Waals surface area (Å²) in [6, 6.07) is 15.2. The third-order valence-electron chi connectivity index (χ3n) is 7.45. The van der Waals surface area contributed by atoms with Crippen LogP contribution in [-0.4, -0.2) is 44.3 Å². The maximum atomic E-state index is 14.3. The molecule has 1 aliphatic rings. The highest BCUT2D eigenvalue weighted by molar-refractivity contribution is 6.30. The van der Waals surface area contributed by atoms with Gasteiger partial charge in [-0.3, -0.25) is 9.59 Å². The van der Waals surface area contributed by atoms with Crippen LogP contribution < -0.4 is 25.0 Å². The molecule has 0 bridgehead atoms. The second-order valence-corrected chi connectivity index (χ2v) is 12.4. The molecule has 3 aromatic carbocycles. The number of ether oxygens (including phenoxy) is 3. The van der Waals surface area contributed by atoms with Gasteiger partial charge in [-0.05, 0) is 87.7 Å². The van der Waals surface area contributed by atoms with Gasteiger partial charge in [0.05, 0.1) is 32.2 Å². The number of hydrogen-bond acceptors (Lipinski definition) is 6. The van der Waals surface area contributed by atoms with E-state index in [-0.39, 0.29) is 36.2 Å². The van der Waals surface area contributed by atoms with E-state index in [0.29, 0.717) is 28.3 Å². The fourth-order valence-electron chi connectivity index (χ4n) is 5.41. The molecule has 1 aliphatic heterocycles. The number of amides is 3. The van der Waals surface area contributed by atoms with E-state index < -0.39 is 35.5 Å². The number of piperidine rings is 1.